The van der Waals surface area contributed by atoms with Gasteiger partial charge in [-0.15, -0.1) is 0 Å². The van der Waals surface area contributed by atoms with Gasteiger partial charge in [0.15, 0.2) is 5.76 Å². The van der Waals surface area contributed by atoms with Crippen molar-refractivity contribution in [1.82, 2.24) is 5.32 Å². The zero-order chi connectivity index (χ0) is 27.2. The topological polar surface area (TPSA) is 104 Å². The van der Waals surface area contributed by atoms with Gasteiger partial charge in [0.05, 0.1) is 19.5 Å². The predicted molar refractivity (Wildman–Crippen MR) is 149 cm³/mol. The maximum atomic E-state index is 14.0. The first-order valence-electron chi connectivity index (χ1n) is 13.5. The quantitative estimate of drug-likeness (QED) is 0.444. The maximum Gasteiger partial charge on any atom is 0.294 e. The van der Waals surface area contributed by atoms with Crippen LogP contribution in [0.15, 0.2) is 71.3 Å². The normalized spacial score (nSPS) is 16.5. The minimum atomic E-state index is -0.937. The molecule has 3 aromatic rings. The van der Waals surface area contributed by atoms with Crippen molar-refractivity contribution in [3.63, 3.8) is 0 Å². The van der Waals surface area contributed by atoms with Gasteiger partial charge in [-0.05, 0) is 66.9 Å². The molecule has 1 saturated heterocycles. The number of rotatable bonds is 8. The van der Waals surface area contributed by atoms with Crippen molar-refractivity contribution in [3.05, 3.63) is 78.3 Å². The third-order valence-electron chi connectivity index (χ3n) is 7.21. The van der Waals surface area contributed by atoms with Crippen molar-refractivity contribution in [2.75, 3.05) is 41.4 Å². The summed E-state index contributed by atoms with van der Waals surface area (Å²) in [4.78, 5) is 43.1. The highest BCUT2D eigenvalue weighted by Gasteiger charge is 2.36. The van der Waals surface area contributed by atoms with Crippen molar-refractivity contribution < 1.29 is 23.5 Å². The number of hydrogen-bond acceptors (Lipinski definition) is 6. The molecule has 0 bridgehead atoms. The molecule has 5 rings (SSSR count). The van der Waals surface area contributed by atoms with Gasteiger partial charge in [0, 0.05) is 43.1 Å². The molecule has 0 unspecified atom stereocenters. The number of nitrogens with one attached hydrogen (secondary N) is 2. The van der Waals surface area contributed by atoms with E-state index in [1.807, 2.05) is 24.3 Å². The van der Waals surface area contributed by atoms with Gasteiger partial charge < -0.3 is 24.7 Å². The van der Waals surface area contributed by atoms with Gasteiger partial charge in [0.25, 0.3) is 5.91 Å². The molecule has 2 N–H and O–H groups in total. The van der Waals surface area contributed by atoms with Crippen LogP contribution in [0.25, 0.3) is 0 Å². The monoisotopic (exact) mass is 530 g/mol. The number of amides is 3. The van der Waals surface area contributed by atoms with Crippen LogP contribution in [0.4, 0.5) is 17.1 Å². The largest absolute Gasteiger partial charge is 0.459 e. The Hall–Kier alpha value is -4.11. The fraction of sp³-hybridized carbons (Fsp3) is 0.367. The number of carbonyl (C=O) groups is 3. The standard InChI is InChI=1S/C30H34N4O5/c1-21(35)31-24-10-14-26(15-11-24)34(30(37)27-7-4-18-39-27)28(29(36)32-23-5-2-3-6-23)22-8-12-25(13-9-22)33-16-19-38-20-17-33/h4,7-15,18,23,28H,2-3,5-6,16-17,19-20H2,1H3,(H,31,35)(H,32,36)/t28-/m0/s1. The molecule has 1 aliphatic heterocycles. The van der Waals surface area contributed by atoms with Crippen LogP contribution in [0.3, 0.4) is 0 Å². The second kappa shape index (κ2) is 12.2. The third-order valence-corrected chi connectivity index (χ3v) is 7.21. The molecule has 1 atom stereocenters. The molecule has 1 aliphatic carbocycles. The van der Waals surface area contributed by atoms with Gasteiger partial charge in [-0.1, -0.05) is 25.0 Å². The van der Waals surface area contributed by atoms with Gasteiger partial charge >= 0.3 is 0 Å². The van der Waals surface area contributed by atoms with Gasteiger partial charge in [-0.2, -0.15) is 0 Å². The van der Waals surface area contributed by atoms with Crippen LogP contribution in [0.2, 0.25) is 0 Å². The van der Waals surface area contributed by atoms with Crippen molar-refractivity contribution in [3.8, 4) is 0 Å². The molecular weight excluding hydrogens is 496 g/mol. The Labute approximate surface area is 228 Å². The van der Waals surface area contributed by atoms with Crippen LogP contribution in [-0.2, 0) is 14.3 Å². The Balaban J connectivity index is 1.54. The average molecular weight is 531 g/mol. The summed E-state index contributed by atoms with van der Waals surface area (Å²) in [6, 6.07) is 17.1. The highest BCUT2D eigenvalue weighted by atomic mass is 16.5. The van der Waals surface area contributed by atoms with Crippen LogP contribution in [-0.4, -0.2) is 50.1 Å². The van der Waals surface area contributed by atoms with Crippen molar-refractivity contribution in [2.45, 2.75) is 44.7 Å². The van der Waals surface area contributed by atoms with Gasteiger partial charge in [-0.25, -0.2) is 0 Å². The first kappa shape index (κ1) is 26.5. The number of furan rings is 1. The first-order chi connectivity index (χ1) is 19.0. The van der Waals surface area contributed by atoms with Crippen LogP contribution in [0.5, 0.6) is 0 Å². The van der Waals surface area contributed by atoms with E-state index in [-0.39, 0.29) is 23.6 Å². The van der Waals surface area contributed by atoms with Gasteiger partial charge in [0.2, 0.25) is 11.8 Å². The lowest BCUT2D eigenvalue weighted by Gasteiger charge is -2.33. The zero-order valence-electron chi connectivity index (χ0n) is 22.1. The SMILES string of the molecule is CC(=O)Nc1ccc(N(C(=O)c2ccco2)[C@H](C(=O)NC2CCCC2)c2ccc(N3CCOCC3)cc2)cc1. The van der Waals surface area contributed by atoms with E-state index in [4.69, 9.17) is 9.15 Å². The number of nitrogens with zero attached hydrogens (tertiary/aromatic N) is 2. The molecule has 0 radical (unpaired) electrons. The fourth-order valence-electron chi connectivity index (χ4n) is 5.27. The molecule has 9 nitrogen and oxygen atoms in total. The minimum absolute atomic E-state index is 0.0790. The molecule has 2 aliphatic rings. The van der Waals surface area contributed by atoms with Crippen molar-refractivity contribution in [2.24, 2.45) is 0 Å². The number of ether oxygens (including phenoxy) is 1. The lowest BCUT2D eigenvalue weighted by atomic mass is 10.0. The molecule has 0 spiro atoms. The van der Waals surface area contributed by atoms with E-state index in [0.29, 0.717) is 30.2 Å². The summed E-state index contributed by atoms with van der Waals surface area (Å²) in [6.45, 7) is 4.39. The number of carbonyl (C=O) groups excluding carboxylic acids is 3. The Morgan fingerprint density at radius 2 is 1.64 bits per heavy atom. The molecule has 2 heterocycles. The van der Waals surface area contributed by atoms with E-state index in [9.17, 15) is 14.4 Å². The number of hydrogen-bond donors (Lipinski definition) is 2. The zero-order valence-corrected chi connectivity index (χ0v) is 22.1. The Morgan fingerprint density at radius 3 is 2.26 bits per heavy atom. The van der Waals surface area contributed by atoms with E-state index < -0.39 is 11.9 Å². The van der Waals surface area contributed by atoms with Gasteiger partial charge in [-0.3, -0.25) is 19.3 Å². The fourth-order valence-corrected chi connectivity index (χ4v) is 5.27. The average Bonchev–Trinajstić information content (AvgIpc) is 3.67. The smallest absolute Gasteiger partial charge is 0.294 e. The molecule has 1 aromatic heterocycles. The summed E-state index contributed by atoms with van der Waals surface area (Å²) < 4.78 is 11.0. The summed E-state index contributed by atoms with van der Waals surface area (Å²) in [5, 5.41) is 5.94. The Bertz CT molecular complexity index is 1260. The molecule has 2 fully saturated rings. The Morgan fingerprint density at radius 1 is 0.949 bits per heavy atom. The second-order valence-electron chi connectivity index (χ2n) is 9.96. The number of anilines is 3. The van der Waals surface area contributed by atoms with Gasteiger partial charge in [0.1, 0.15) is 6.04 Å². The summed E-state index contributed by atoms with van der Waals surface area (Å²) in [5.74, 6) is -0.743. The number of benzene rings is 2. The van der Waals surface area contributed by atoms with E-state index >= 15 is 0 Å². The van der Waals surface area contributed by atoms with Crippen LogP contribution < -0.4 is 20.4 Å². The van der Waals surface area contributed by atoms with Crippen molar-refractivity contribution >= 4 is 34.8 Å². The maximum absolute atomic E-state index is 14.0. The van der Waals surface area contributed by atoms with E-state index in [1.54, 1.807) is 36.4 Å². The lowest BCUT2D eigenvalue weighted by molar-refractivity contribution is -0.123. The number of morpholine rings is 1. The van der Waals surface area contributed by atoms with E-state index in [1.165, 1.54) is 18.1 Å². The minimum Gasteiger partial charge on any atom is -0.459 e. The summed E-state index contributed by atoms with van der Waals surface area (Å²) in [7, 11) is 0. The first-order valence-corrected chi connectivity index (χ1v) is 13.5. The molecular formula is C30H34N4O5. The van der Waals surface area contributed by atoms with Crippen molar-refractivity contribution in [1.29, 1.82) is 0 Å². The Kier molecular flexibility index (Phi) is 8.27. The summed E-state index contributed by atoms with van der Waals surface area (Å²) >= 11 is 0. The van der Waals surface area contributed by atoms with Crippen LogP contribution >= 0.6 is 0 Å². The predicted octanol–water partition coefficient (Wildman–Crippen LogP) is 4.52. The summed E-state index contributed by atoms with van der Waals surface area (Å²) in [5.41, 5.74) is 2.83. The molecule has 1 saturated carbocycles. The lowest BCUT2D eigenvalue weighted by Crippen LogP contribution is -2.46. The van der Waals surface area contributed by atoms with Crippen LogP contribution in [0.1, 0.15) is 54.8 Å². The molecule has 9 heteroatoms. The highest BCUT2D eigenvalue weighted by Crippen LogP contribution is 2.33. The summed E-state index contributed by atoms with van der Waals surface area (Å²) in [6.07, 6.45) is 5.43. The van der Waals surface area contributed by atoms with Crippen LogP contribution in [0, 0.1) is 0 Å². The second-order valence-corrected chi connectivity index (χ2v) is 9.96. The molecule has 3 amide bonds. The molecule has 204 valence electrons. The van der Waals surface area contributed by atoms with E-state index in [2.05, 4.69) is 15.5 Å². The highest BCUT2D eigenvalue weighted by molar-refractivity contribution is 6.09. The van der Waals surface area contributed by atoms with E-state index in [0.717, 1.165) is 44.5 Å². The third kappa shape index (κ3) is 6.31. The molecule has 2 aromatic carbocycles. The molecule has 39 heavy (non-hydrogen) atoms.